The van der Waals surface area contributed by atoms with Crippen LogP contribution in [0.2, 0.25) is 0 Å². The van der Waals surface area contributed by atoms with Crippen LogP contribution >= 0.6 is 0 Å². The number of amides is 1. The fourth-order valence-corrected chi connectivity index (χ4v) is 1.35. The van der Waals surface area contributed by atoms with E-state index in [-0.39, 0.29) is 11.7 Å². The number of hydrogen-bond acceptors (Lipinski definition) is 6. The number of carboxylic acid groups (broad SMARTS) is 1. The van der Waals surface area contributed by atoms with Gasteiger partial charge < -0.3 is 15.7 Å². The number of likely N-dealkylation sites (N-methyl/N-ethyl adjacent to an activating group) is 1. The molecule has 19 heavy (non-hydrogen) atoms. The Morgan fingerprint density at radius 2 is 2.16 bits per heavy atom. The van der Waals surface area contributed by atoms with Crippen molar-refractivity contribution in [2.45, 2.75) is 13.0 Å². The van der Waals surface area contributed by atoms with E-state index in [1.54, 1.807) is 6.92 Å². The first-order valence-corrected chi connectivity index (χ1v) is 5.22. The summed E-state index contributed by atoms with van der Waals surface area (Å²) in [6.45, 7) is 1.54. The molecule has 9 heteroatoms. The van der Waals surface area contributed by atoms with Gasteiger partial charge in [0.15, 0.2) is 0 Å². The van der Waals surface area contributed by atoms with Gasteiger partial charge in [0.2, 0.25) is 5.91 Å². The Labute approximate surface area is 107 Å². The van der Waals surface area contributed by atoms with Gasteiger partial charge in [-0.1, -0.05) is 0 Å². The number of carbonyl (C=O) groups is 2. The maximum atomic E-state index is 11.3. The van der Waals surface area contributed by atoms with Gasteiger partial charge in [-0.15, -0.1) is 0 Å². The second-order valence-electron chi connectivity index (χ2n) is 3.63. The van der Waals surface area contributed by atoms with Crippen molar-refractivity contribution in [2.24, 2.45) is 0 Å². The molecule has 1 atom stereocenters. The van der Waals surface area contributed by atoms with Crippen LogP contribution in [0.3, 0.4) is 0 Å². The number of nitro groups is 1. The van der Waals surface area contributed by atoms with Crippen molar-refractivity contribution in [3.05, 3.63) is 27.9 Å². The first-order chi connectivity index (χ1) is 8.86. The molecule has 0 bridgehead atoms. The Balaban J connectivity index is 3.06. The van der Waals surface area contributed by atoms with E-state index in [1.165, 1.54) is 7.05 Å². The molecule has 0 aromatic carbocycles. The van der Waals surface area contributed by atoms with Gasteiger partial charge in [0.05, 0.1) is 4.92 Å². The molecule has 9 nitrogen and oxygen atoms in total. The molecule has 1 rings (SSSR count). The zero-order valence-electron chi connectivity index (χ0n) is 10.2. The maximum absolute atomic E-state index is 11.3. The van der Waals surface area contributed by atoms with Gasteiger partial charge in [0.25, 0.3) is 0 Å². The van der Waals surface area contributed by atoms with Crippen molar-refractivity contribution in [1.29, 1.82) is 0 Å². The quantitative estimate of drug-likeness (QED) is 0.514. The number of rotatable bonds is 5. The molecule has 1 amide bonds. The van der Waals surface area contributed by atoms with E-state index in [2.05, 4.69) is 15.6 Å². The van der Waals surface area contributed by atoms with E-state index in [0.29, 0.717) is 0 Å². The molecule has 0 aliphatic rings. The van der Waals surface area contributed by atoms with Crippen LogP contribution in [0.15, 0.2) is 12.3 Å². The Kier molecular flexibility index (Phi) is 4.35. The predicted octanol–water partition coefficient (Wildman–Crippen LogP) is 0.234. The minimum atomic E-state index is -1.44. The first kappa shape index (κ1) is 14.4. The van der Waals surface area contributed by atoms with Crippen molar-refractivity contribution in [3.8, 4) is 0 Å². The number of hydrogen-bond donors (Lipinski definition) is 3. The molecule has 102 valence electrons. The normalized spacial score (nSPS) is 11.5. The second kappa shape index (κ2) is 5.76. The molecule has 0 aliphatic heterocycles. The predicted molar refractivity (Wildman–Crippen MR) is 65.0 cm³/mol. The van der Waals surface area contributed by atoms with Gasteiger partial charge in [-0.25, -0.2) is 9.78 Å². The van der Waals surface area contributed by atoms with Crippen molar-refractivity contribution < 1.29 is 19.6 Å². The fourth-order valence-electron chi connectivity index (χ4n) is 1.35. The van der Waals surface area contributed by atoms with Gasteiger partial charge >= 0.3 is 11.7 Å². The SMILES string of the molecule is CNC(=O)C(C)Nc1cc(C(=O)O)c([N+](=O)[O-])cn1. The lowest BCUT2D eigenvalue weighted by atomic mass is 10.2. The summed E-state index contributed by atoms with van der Waals surface area (Å²) in [5.41, 5.74) is -1.10. The Hall–Kier alpha value is -2.71. The summed E-state index contributed by atoms with van der Waals surface area (Å²) in [7, 11) is 1.45. The van der Waals surface area contributed by atoms with Crippen LogP contribution in [-0.2, 0) is 4.79 Å². The lowest BCUT2D eigenvalue weighted by molar-refractivity contribution is -0.385. The lowest BCUT2D eigenvalue weighted by Crippen LogP contribution is -2.35. The summed E-state index contributed by atoms with van der Waals surface area (Å²) < 4.78 is 0. The smallest absolute Gasteiger partial charge is 0.342 e. The number of anilines is 1. The van der Waals surface area contributed by atoms with Crippen LogP contribution in [-0.4, -0.2) is 40.0 Å². The Morgan fingerprint density at radius 3 is 2.63 bits per heavy atom. The zero-order chi connectivity index (χ0) is 14.6. The molecule has 0 saturated heterocycles. The van der Waals surface area contributed by atoms with E-state index >= 15 is 0 Å². The molecule has 0 radical (unpaired) electrons. The Bertz CT molecular complexity index is 531. The minimum Gasteiger partial charge on any atom is -0.477 e. The van der Waals surface area contributed by atoms with E-state index in [1.807, 2.05) is 0 Å². The molecule has 0 saturated carbocycles. The van der Waals surface area contributed by atoms with Crippen LogP contribution in [0.1, 0.15) is 17.3 Å². The second-order valence-corrected chi connectivity index (χ2v) is 3.63. The summed E-state index contributed by atoms with van der Waals surface area (Å²) >= 11 is 0. The van der Waals surface area contributed by atoms with Crippen LogP contribution < -0.4 is 10.6 Å². The summed E-state index contributed by atoms with van der Waals surface area (Å²) in [5, 5.41) is 24.6. The van der Waals surface area contributed by atoms with E-state index < -0.39 is 28.2 Å². The summed E-state index contributed by atoms with van der Waals surface area (Å²) in [6.07, 6.45) is 0.836. The highest BCUT2D eigenvalue weighted by Gasteiger charge is 2.22. The van der Waals surface area contributed by atoms with E-state index in [4.69, 9.17) is 5.11 Å². The molecule has 0 aliphatic carbocycles. The highest BCUT2D eigenvalue weighted by atomic mass is 16.6. The zero-order valence-corrected chi connectivity index (χ0v) is 10.2. The molecular weight excluding hydrogens is 256 g/mol. The Morgan fingerprint density at radius 1 is 1.53 bits per heavy atom. The molecule has 1 heterocycles. The molecular formula is C10H12N4O5. The maximum Gasteiger partial charge on any atom is 0.342 e. The van der Waals surface area contributed by atoms with Gasteiger partial charge in [-0.3, -0.25) is 14.9 Å². The molecule has 0 spiro atoms. The summed E-state index contributed by atoms with van der Waals surface area (Å²) in [5.74, 6) is -1.69. The number of nitrogens with one attached hydrogen (secondary N) is 2. The van der Waals surface area contributed by atoms with Crippen molar-refractivity contribution >= 4 is 23.4 Å². The molecule has 1 unspecified atom stereocenters. The van der Waals surface area contributed by atoms with Crippen LogP contribution in [0.4, 0.5) is 11.5 Å². The third-order valence-corrected chi connectivity index (χ3v) is 2.31. The largest absolute Gasteiger partial charge is 0.477 e. The van der Waals surface area contributed by atoms with Crippen molar-refractivity contribution in [2.75, 3.05) is 12.4 Å². The third kappa shape index (κ3) is 3.37. The minimum absolute atomic E-state index is 0.0686. The van der Waals surface area contributed by atoms with Crippen LogP contribution in [0.25, 0.3) is 0 Å². The van der Waals surface area contributed by atoms with Gasteiger partial charge in [0, 0.05) is 13.1 Å². The highest BCUT2D eigenvalue weighted by Crippen LogP contribution is 2.20. The molecule has 3 N–H and O–H groups in total. The number of pyridine rings is 1. The number of carbonyl (C=O) groups excluding carboxylic acids is 1. The number of carboxylic acids is 1. The van der Waals surface area contributed by atoms with Gasteiger partial charge in [-0.2, -0.15) is 0 Å². The van der Waals surface area contributed by atoms with Gasteiger partial charge in [0.1, 0.15) is 23.6 Å². The molecule has 1 aromatic rings. The van der Waals surface area contributed by atoms with E-state index in [0.717, 1.165) is 12.3 Å². The molecule has 0 fully saturated rings. The summed E-state index contributed by atoms with van der Waals surface area (Å²) in [4.78, 5) is 35.7. The summed E-state index contributed by atoms with van der Waals surface area (Å²) in [6, 6.07) is 0.362. The van der Waals surface area contributed by atoms with E-state index in [9.17, 15) is 19.7 Å². The number of aromatic carboxylic acids is 1. The average molecular weight is 268 g/mol. The monoisotopic (exact) mass is 268 g/mol. The number of nitrogens with zero attached hydrogens (tertiary/aromatic N) is 2. The van der Waals surface area contributed by atoms with Crippen molar-refractivity contribution in [1.82, 2.24) is 10.3 Å². The highest BCUT2D eigenvalue weighted by molar-refractivity contribution is 5.93. The third-order valence-electron chi connectivity index (χ3n) is 2.31. The lowest BCUT2D eigenvalue weighted by Gasteiger charge is -2.12. The topological polar surface area (TPSA) is 134 Å². The first-order valence-electron chi connectivity index (χ1n) is 5.22. The molecule has 1 aromatic heterocycles. The van der Waals surface area contributed by atoms with Crippen molar-refractivity contribution in [3.63, 3.8) is 0 Å². The fraction of sp³-hybridized carbons (Fsp3) is 0.300. The van der Waals surface area contributed by atoms with Gasteiger partial charge in [-0.05, 0) is 6.92 Å². The van der Waals surface area contributed by atoms with Crippen LogP contribution in [0, 0.1) is 10.1 Å². The number of aromatic nitrogens is 1. The van der Waals surface area contributed by atoms with Crippen LogP contribution in [0.5, 0.6) is 0 Å². The standard InChI is InChI=1S/C10H12N4O5/c1-5(9(15)11-2)13-8-3-6(10(16)17)7(4-12-8)14(18)19/h3-5H,1-2H3,(H,11,15)(H,12,13)(H,16,17). The average Bonchev–Trinajstić information content (AvgIpc) is 2.37.